The lowest BCUT2D eigenvalue weighted by molar-refractivity contribution is 1.09. The maximum absolute atomic E-state index is 6.35. The minimum atomic E-state index is 0.179. The predicted octanol–water partition coefficient (Wildman–Crippen LogP) is 6.04. The zero-order chi connectivity index (χ0) is 20.7. The van der Waals surface area contributed by atoms with Crippen molar-refractivity contribution >= 4 is 40.2 Å². The van der Waals surface area contributed by atoms with E-state index >= 15 is 0 Å². The Hall–Kier alpha value is -3.41. The predicted molar refractivity (Wildman–Crippen MR) is 122 cm³/mol. The molecule has 0 bridgehead atoms. The van der Waals surface area contributed by atoms with E-state index in [0.29, 0.717) is 21.4 Å². The quantitative estimate of drug-likeness (QED) is 0.378. The standard InChI is InChI=1S/C23H15Cl2N5/c24-15-7-10-17(18(25)11-15)21-12-20(28-23(26)29-21)14-5-8-16(9-6-14)30-13-27-19-3-1-2-4-22(19)30/h1-13H,(H2,26,28,29). The zero-order valence-electron chi connectivity index (χ0n) is 15.6. The Morgan fingerprint density at radius 3 is 2.37 bits per heavy atom. The van der Waals surface area contributed by atoms with Gasteiger partial charge in [0.25, 0.3) is 0 Å². The molecular weight excluding hydrogens is 417 g/mol. The molecule has 30 heavy (non-hydrogen) atoms. The molecule has 3 aromatic carbocycles. The number of nitrogens with zero attached hydrogens (tertiary/aromatic N) is 4. The number of anilines is 1. The van der Waals surface area contributed by atoms with Gasteiger partial charge in [-0.2, -0.15) is 0 Å². The van der Waals surface area contributed by atoms with E-state index < -0.39 is 0 Å². The van der Waals surface area contributed by atoms with Gasteiger partial charge in [0, 0.05) is 21.8 Å². The van der Waals surface area contributed by atoms with E-state index in [4.69, 9.17) is 28.9 Å². The van der Waals surface area contributed by atoms with E-state index in [2.05, 4.69) is 15.0 Å². The van der Waals surface area contributed by atoms with E-state index in [-0.39, 0.29) is 5.95 Å². The number of aromatic nitrogens is 4. The number of para-hydroxylation sites is 2. The fraction of sp³-hybridized carbons (Fsp3) is 0. The molecule has 0 fully saturated rings. The first-order valence-corrected chi connectivity index (χ1v) is 9.97. The van der Waals surface area contributed by atoms with Gasteiger partial charge in [0.05, 0.1) is 27.4 Å². The van der Waals surface area contributed by atoms with Gasteiger partial charge in [0.15, 0.2) is 0 Å². The molecule has 2 heterocycles. The second-order valence-corrected chi connectivity index (χ2v) is 7.61. The molecule has 0 unspecified atom stereocenters. The van der Waals surface area contributed by atoms with Crippen LogP contribution in [0.5, 0.6) is 0 Å². The lowest BCUT2D eigenvalue weighted by Gasteiger charge is -2.09. The fourth-order valence-electron chi connectivity index (χ4n) is 3.41. The third-order valence-electron chi connectivity index (χ3n) is 4.85. The molecule has 5 nitrogen and oxygen atoms in total. The van der Waals surface area contributed by atoms with Crippen LogP contribution < -0.4 is 5.73 Å². The minimum Gasteiger partial charge on any atom is -0.368 e. The molecular formula is C23H15Cl2N5. The van der Waals surface area contributed by atoms with Crippen LogP contribution in [-0.4, -0.2) is 19.5 Å². The van der Waals surface area contributed by atoms with Crippen molar-refractivity contribution < 1.29 is 0 Å². The summed E-state index contributed by atoms with van der Waals surface area (Å²) in [7, 11) is 0. The summed E-state index contributed by atoms with van der Waals surface area (Å²) < 4.78 is 2.05. The average molecular weight is 432 g/mol. The number of benzene rings is 3. The van der Waals surface area contributed by atoms with Crippen molar-refractivity contribution in [3.8, 4) is 28.2 Å². The maximum atomic E-state index is 6.35. The summed E-state index contributed by atoms with van der Waals surface area (Å²) in [4.78, 5) is 13.2. The topological polar surface area (TPSA) is 69.6 Å². The Bertz CT molecular complexity index is 1380. The number of nitrogens with two attached hydrogens (primary N) is 1. The Morgan fingerprint density at radius 1 is 0.800 bits per heavy atom. The lowest BCUT2D eigenvalue weighted by Crippen LogP contribution is -1.99. The van der Waals surface area contributed by atoms with E-state index in [9.17, 15) is 0 Å². The molecule has 7 heteroatoms. The van der Waals surface area contributed by atoms with Crippen molar-refractivity contribution in [3.63, 3.8) is 0 Å². The van der Waals surface area contributed by atoms with Crippen LogP contribution in [0, 0.1) is 0 Å². The molecule has 0 saturated heterocycles. The van der Waals surface area contributed by atoms with E-state index in [1.54, 1.807) is 12.1 Å². The normalized spacial score (nSPS) is 11.1. The third-order valence-corrected chi connectivity index (χ3v) is 5.39. The number of rotatable bonds is 3. The number of nitrogen functional groups attached to an aromatic ring is 1. The largest absolute Gasteiger partial charge is 0.368 e. The van der Waals surface area contributed by atoms with Crippen molar-refractivity contribution in [2.75, 3.05) is 5.73 Å². The Kier molecular flexibility index (Phi) is 4.62. The highest BCUT2D eigenvalue weighted by atomic mass is 35.5. The highest BCUT2D eigenvalue weighted by Gasteiger charge is 2.11. The fourth-order valence-corrected chi connectivity index (χ4v) is 3.91. The van der Waals surface area contributed by atoms with Gasteiger partial charge in [-0.1, -0.05) is 47.5 Å². The lowest BCUT2D eigenvalue weighted by atomic mass is 10.1. The molecule has 5 rings (SSSR count). The second kappa shape index (κ2) is 7.44. The average Bonchev–Trinajstić information content (AvgIpc) is 3.17. The van der Waals surface area contributed by atoms with Crippen LogP contribution in [0.3, 0.4) is 0 Å². The second-order valence-electron chi connectivity index (χ2n) is 6.77. The molecule has 0 radical (unpaired) electrons. The molecule has 0 spiro atoms. The van der Waals surface area contributed by atoms with Crippen molar-refractivity contribution in [1.29, 1.82) is 0 Å². The van der Waals surface area contributed by atoms with Crippen molar-refractivity contribution in [3.05, 3.63) is 89.2 Å². The number of hydrogen-bond acceptors (Lipinski definition) is 4. The summed E-state index contributed by atoms with van der Waals surface area (Å²) in [6.45, 7) is 0. The third kappa shape index (κ3) is 3.38. The first-order chi connectivity index (χ1) is 14.6. The molecule has 0 amide bonds. The highest BCUT2D eigenvalue weighted by molar-refractivity contribution is 6.36. The molecule has 2 N–H and O–H groups in total. The summed E-state index contributed by atoms with van der Waals surface area (Å²) in [5.41, 5.74) is 12.0. The molecule has 146 valence electrons. The van der Waals surface area contributed by atoms with Gasteiger partial charge in [-0.3, -0.25) is 4.57 Å². The first kappa shape index (κ1) is 18.6. The Labute approximate surface area is 182 Å². The number of fused-ring (bicyclic) bond motifs is 1. The van der Waals surface area contributed by atoms with Gasteiger partial charge in [0.2, 0.25) is 5.95 Å². The monoisotopic (exact) mass is 431 g/mol. The highest BCUT2D eigenvalue weighted by Crippen LogP contribution is 2.32. The van der Waals surface area contributed by atoms with Gasteiger partial charge in [0.1, 0.15) is 6.33 Å². The summed E-state index contributed by atoms with van der Waals surface area (Å²) in [6, 6.07) is 23.2. The number of hydrogen-bond donors (Lipinski definition) is 1. The van der Waals surface area contributed by atoms with E-state index in [1.807, 2.05) is 71.6 Å². The van der Waals surface area contributed by atoms with Crippen LogP contribution in [-0.2, 0) is 0 Å². The summed E-state index contributed by atoms with van der Waals surface area (Å²) in [5, 5.41) is 1.07. The van der Waals surface area contributed by atoms with E-state index in [1.165, 1.54) is 0 Å². The van der Waals surface area contributed by atoms with Gasteiger partial charge in [-0.15, -0.1) is 0 Å². The molecule has 0 aliphatic carbocycles. The molecule has 0 aliphatic heterocycles. The SMILES string of the molecule is Nc1nc(-c2ccc(-n3cnc4ccccc43)cc2)cc(-c2ccc(Cl)cc2Cl)n1. The van der Waals surface area contributed by atoms with Crippen LogP contribution in [0.1, 0.15) is 0 Å². The minimum absolute atomic E-state index is 0.179. The Morgan fingerprint density at radius 2 is 1.57 bits per heavy atom. The molecule has 0 atom stereocenters. The molecule has 0 aliphatic rings. The van der Waals surface area contributed by atoms with Crippen LogP contribution in [0.25, 0.3) is 39.2 Å². The first-order valence-electron chi connectivity index (χ1n) is 9.21. The van der Waals surface area contributed by atoms with Crippen LogP contribution in [0.4, 0.5) is 5.95 Å². The summed E-state index contributed by atoms with van der Waals surface area (Å²) in [5.74, 6) is 0.179. The molecule has 2 aromatic heterocycles. The summed E-state index contributed by atoms with van der Waals surface area (Å²) in [6.07, 6.45) is 1.82. The Balaban J connectivity index is 1.54. The maximum Gasteiger partial charge on any atom is 0.221 e. The van der Waals surface area contributed by atoms with Gasteiger partial charge in [-0.25, -0.2) is 15.0 Å². The number of imidazole rings is 1. The summed E-state index contributed by atoms with van der Waals surface area (Å²) >= 11 is 12.4. The number of halogens is 2. The van der Waals surface area contributed by atoms with Crippen molar-refractivity contribution in [1.82, 2.24) is 19.5 Å². The van der Waals surface area contributed by atoms with Crippen molar-refractivity contribution in [2.24, 2.45) is 0 Å². The van der Waals surface area contributed by atoms with Crippen molar-refractivity contribution in [2.45, 2.75) is 0 Å². The van der Waals surface area contributed by atoms with Gasteiger partial charge >= 0.3 is 0 Å². The van der Waals surface area contributed by atoms with Gasteiger partial charge < -0.3 is 5.73 Å². The van der Waals surface area contributed by atoms with Crippen LogP contribution in [0.2, 0.25) is 10.0 Å². The van der Waals surface area contributed by atoms with Gasteiger partial charge in [-0.05, 0) is 48.5 Å². The smallest absolute Gasteiger partial charge is 0.221 e. The zero-order valence-corrected chi connectivity index (χ0v) is 17.1. The van der Waals surface area contributed by atoms with Crippen LogP contribution in [0.15, 0.2) is 79.1 Å². The molecule has 0 saturated carbocycles. The van der Waals surface area contributed by atoms with E-state index in [0.717, 1.165) is 27.8 Å². The molecule has 5 aromatic rings. The van der Waals surface area contributed by atoms with Crippen LogP contribution >= 0.6 is 23.2 Å².